The first-order chi connectivity index (χ1) is 16.7. The van der Waals surface area contributed by atoms with Crippen molar-refractivity contribution in [3.63, 3.8) is 0 Å². The third kappa shape index (κ3) is 7.11. The van der Waals surface area contributed by atoms with Gasteiger partial charge in [-0.1, -0.05) is 36.4 Å². The third-order valence-electron chi connectivity index (χ3n) is 5.24. The highest BCUT2D eigenvalue weighted by atomic mass is 32.2. The Morgan fingerprint density at radius 1 is 1.00 bits per heavy atom. The van der Waals surface area contributed by atoms with E-state index in [0.717, 1.165) is 17.7 Å². The maximum absolute atomic E-state index is 13.4. The van der Waals surface area contributed by atoms with Gasteiger partial charge in [0, 0.05) is 19.2 Å². The van der Waals surface area contributed by atoms with Crippen molar-refractivity contribution in [3.05, 3.63) is 90.2 Å². The summed E-state index contributed by atoms with van der Waals surface area (Å²) in [7, 11) is -0.993. The molecule has 0 heterocycles. The smallest absolute Gasteiger partial charge is 0.249 e. The van der Waals surface area contributed by atoms with Crippen LogP contribution < -0.4 is 19.7 Å². The molecule has 0 bridgehead atoms. The second-order valence-electron chi connectivity index (χ2n) is 7.69. The van der Waals surface area contributed by atoms with Crippen LogP contribution in [-0.4, -0.2) is 47.0 Å². The van der Waals surface area contributed by atoms with E-state index >= 15 is 0 Å². The van der Waals surface area contributed by atoms with Gasteiger partial charge in [0.05, 0.1) is 18.6 Å². The summed E-state index contributed by atoms with van der Waals surface area (Å²) in [6, 6.07) is 19.5. The number of carbonyl (C=O) groups is 2. The molecule has 0 saturated heterocycles. The van der Waals surface area contributed by atoms with Crippen molar-refractivity contribution < 1.29 is 27.1 Å². The molecular weight excluding hydrogens is 473 g/mol. The number of rotatable bonds is 10. The van der Waals surface area contributed by atoms with Gasteiger partial charge in [0.2, 0.25) is 21.8 Å². The molecule has 0 aliphatic heterocycles. The second-order valence-corrected chi connectivity index (χ2v) is 9.45. The quantitative estimate of drug-likeness (QED) is 0.446. The van der Waals surface area contributed by atoms with Crippen LogP contribution in [0.1, 0.15) is 5.56 Å². The lowest BCUT2D eigenvalue weighted by molar-refractivity contribution is -0.126. The van der Waals surface area contributed by atoms with Gasteiger partial charge < -0.3 is 15.0 Å². The Hall–Kier alpha value is -3.76. The number of hydrogen-bond donors (Lipinski definition) is 2. The van der Waals surface area contributed by atoms with E-state index in [1.165, 1.54) is 24.1 Å². The monoisotopic (exact) mass is 499 g/mol. The van der Waals surface area contributed by atoms with E-state index in [0.29, 0.717) is 11.4 Å². The highest BCUT2D eigenvalue weighted by molar-refractivity contribution is 7.89. The Labute approximate surface area is 203 Å². The standard InChI is InChI=1S/C25H26FN3O5S/c1-29(20-11-13-21(34-2)14-12-20)25(31)23(15-18-7-4-3-5-8-18)28-24(30)17-27-35(32,33)22-10-6-9-19(26)16-22/h3-14,16,23,27H,15,17H2,1-2H3,(H,28,30)/t23-/m0/s1. The molecule has 35 heavy (non-hydrogen) atoms. The molecule has 0 fully saturated rings. The van der Waals surface area contributed by atoms with Gasteiger partial charge in [-0.05, 0) is 48.0 Å². The van der Waals surface area contributed by atoms with Crippen molar-refractivity contribution in [1.29, 1.82) is 0 Å². The van der Waals surface area contributed by atoms with Crippen LogP contribution in [0.3, 0.4) is 0 Å². The number of sulfonamides is 1. The van der Waals surface area contributed by atoms with E-state index < -0.39 is 34.3 Å². The number of methoxy groups -OCH3 is 1. The normalized spacial score (nSPS) is 12.0. The maximum Gasteiger partial charge on any atom is 0.249 e. The molecule has 3 aromatic carbocycles. The molecule has 0 aromatic heterocycles. The third-order valence-corrected chi connectivity index (χ3v) is 6.63. The fourth-order valence-corrected chi connectivity index (χ4v) is 4.35. The number of likely N-dealkylation sites (N-methyl/N-ethyl adjacent to an activating group) is 1. The van der Waals surface area contributed by atoms with Crippen molar-refractivity contribution in [3.8, 4) is 5.75 Å². The summed E-state index contributed by atoms with van der Waals surface area (Å²) in [4.78, 5) is 27.0. The topological polar surface area (TPSA) is 105 Å². The van der Waals surface area contributed by atoms with Crippen LogP contribution >= 0.6 is 0 Å². The zero-order valence-corrected chi connectivity index (χ0v) is 20.1. The SMILES string of the molecule is COc1ccc(N(C)C(=O)[C@H](Cc2ccccc2)NC(=O)CNS(=O)(=O)c2cccc(F)c2)cc1. The number of anilines is 1. The lowest BCUT2D eigenvalue weighted by Crippen LogP contribution is -2.51. The predicted molar refractivity (Wildman–Crippen MR) is 130 cm³/mol. The number of carbonyl (C=O) groups excluding carboxylic acids is 2. The number of halogens is 1. The average Bonchev–Trinajstić information content (AvgIpc) is 2.87. The Morgan fingerprint density at radius 2 is 1.69 bits per heavy atom. The summed E-state index contributed by atoms with van der Waals surface area (Å²) in [5.41, 5.74) is 1.41. The Bertz CT molecular complexity index is 1270. The van der Waals surface area contributed by atoms with E-state index in [9.17, 15) is 22.4 Å². The first kappa shape index (κ1) is 25.9. The molecular formula is C25H26FN3O5S. The second kappa shape index (κ2) is 11.6. The van der Waals surface area contributed by atoms with E-state index in [4.69, 9.17) is 4.74 Å². The van der Waals surface area contributed by atoms with Gasteiger partial charge in [-0.15, -0.1) is 0 Å². The minimum absolute atomic E-state index is 0.197. The lowest BCUT2D eigenvalue weighted by Gasteiger charge is -2.25. The fourth-order valence-electron chi connectivity index (χ4n) is 3.34. The summed E-state index contributed by atoms with van der Waals surface area (Å²) < 4.78 is 45.5. The van der Waals surface area contributed by atoms with Crippen LogP contribution in [-0.2, 0) is 26.0 Å². The Balaban J connectivity index is 1.73. The summed E-state index contributed by atoms with van der Waals surface area (Å²) in [5.74, 6) is -1.18. The highest BCUT2D eigenvalue weighted by Gasteiger charge is 2.26. The Morgan fingerprint density at radius 3 is 2.31 bits per heavy atom. The molecule has 1 atom stereocenters. The molecule has 0 spiro atoms. The van der Waals surface area contributed by atoms with Crippen LogP contribution in [0.4, 0.5) is 10.1 Å². The fraction of sp³-hybridized carbons (Fsp3) is 0.200. The molecule has 3 aromatic rings. The highest BCUT2D eigenvalue weighted by Crippen LogP contribution is 2.19. The van der Waals surface area contributed by atoms with E-state index in [-0.39, 0.29) is 17.2 Å². The molecule has 10 heteroatoms. The summed E-state index contributed by atoms with van der Waals surface area (Å²) in [6.07, 6.45) is 0.197. The lowest BCUT2D eigenvalue weighted by atomic mass is 10.0. The average molecular weight is 500 g/mol. The van der Waals surface area contributed by atoms with Gasteiger partial charge in [-0.2, -0.15) is 0 Å². The summed E-state index contributed by atoms with van der Waals surface area (Å²) in [5, 5.41) is 2.62. The largest absolute Gasteiger partial charge is 0.497 e. The molecule has 2 N–H and O–H groups in total. The summed E-state index contributed by atoms with van der Waals surface area (Å²) >= 11 is 0. The van der Waals surface area contributed by atoms with Crippen molar-refractivity contribution >= 4 is 27.5 Å². The van der Waals surface area contributed by atoms with Crippen LogP contribution in [0.5, 0.6) is 5.75 Å². The maximum atomic E-state index is 13.4. The molecule has 0 unspecified atom stereocenters. The first-order valence-corrected chi connectivity index (χ1v) is 12.2. The molecule has 0 saturated carbocycles. The molecule has 3 rings (SSSR count). The van der Waals surface area contributed by atoms with Gasteiger partial charge in [0.1, 0.15) is 17.6 Å². The Kier molecular flexibility index (Phi) is 8.56. The molecule has 184 valence electrons. The van der Waals surface area contributed by atoms with Crippen LogP contribution in [0.2, 0.25) is 0 Å². The van der Waals surface area contributed by atoms with Gasteiger partial charge in [0.25, 0.3) is 0 Å². The minimum Gasteiger partial charge on any atom is -0.497 e. The van der Waals surface area contributed by atoms with Crippen LogP contribution in [0.25, 0.3) is 0 Å². The van der Waals surface area contributed by atoms with Crippen molar-refractivity contribution in [2.75, 3.05) is 25.6 Å². The van der Waals surface area contributed by atoms with Crippen LogP contribution in [0, 0.1) is 5.82 Å². The van der Waals surface area contributed by atoms with Crippen molar-refractivity contribution in [1.82, 2.24) is 10.0 Å². The molecule has 8 nitrogen and oxygen atoms in total. The number of nitrogens with zero attached hydrogens (tertiary/aromatic N) is 1. The van der Waals surface area contributed by atoms with Crippen molar-refractivity contribution in [2.24, 2.45) is 0 Å². The predicted octanol–water partition coefficient (Wildman–Crippen LogP) is 2.50. The van der Waals surface area contributed by atoms with E-state index in [1.807, 2.05) is 30.3 Å². The van der Waals surface area contributed by atoms with Gasteiger partial charge >= 0.3 is 0 Å². The number of hydrogen-bond acceptors (Lipinski definition) is 5. The number of ether oxygens (including phenoxy) is 1. The zero-order chi connectivity index (χ0) is 25.4. The minimum atomic E-state index is -4.12. The van der Waals surface area contributed by atoms with E-state index in [1.54, 1.807) is 31.3 Å². The van der Waals surface area contributed by atoms with Gasteiger partial charge in [-0.3, -0.25) is 9.59 Å². The molecule has 0 aliphatic rings. The van der Waals surface area contributed by atoms with Crippen molar-refractivity contribution in [2.45, 2.75) is 17.4 Å². The first-order valence-electron chi connectivity index (χ1n) is 10.7. The van der Waals surface area contributed by atoms with E-state index in [2.05, 4.69) is 10.0 Å². The molecule has 2 amide bonds. The molecule has 0 radical (unpaired) electrons. The van der Waals surface area contributed by atoms with Crippen LogP contribution in [0.15, 0.2) is 83.8 Å². The summed E-state index contributed by atoms with van der Waals surface area (Å²) in [6.45, 7) is -0.621. The number of amides is 2. The van der Waals surface area contributed by atoms with Gasteiger partial charge in [0.15, 0.2) is 0 Å². The van der Waals surface area contributed by atoms with Gasteiger partial charge in [-0.25, -0.2) is 17.5 Å². The zero-order valence-electron chi connectivity index (χ0n) is 19.3. The molecule has 0 aliphatic carbocycles. The number of nitrogens with one attached hydrogen (secondary N) is 2. The number of benzene rings is 3.